The number of benzene rings is 2. The summed E-state index contributed by atoms with van der Waals surface area (Å²) in [5.74, 6) is 0.537. The Kier molecular flexibility index (Phi) is 3.77. The first kappa shape index (κ1) is 16.3. The lowest BCUT2D eigenvalue weighted by Gasteiger charge is -2.09. The molecule has 7 nitrogen and oxygen atoms in total. The van der Waals surface area contributed by atoms with Gasteiger partial charge in [0.05, 0.1) is 12.6 Å². The third-order valence-electron chi connectivity index (χ3n) is 4.01. The van der Waals surface area contributed by atoms with Gasteiger partial charge < -0.3 is 9.26 Å². The average molecular weight is 371 g/mol. The molecule has 0 aliphatic heterocycles. The highest BCUT2D eigenvalue weighted by Gasteiger charge is 2.23. The Balaban J connectivity index is 0.00000210. The number of methoxy groups -OCH3 is 1. The van der Waals surface area contributed by atoms with E-state index >= 15 is 0 Å². The molecule has 0 aliphatic rings. The monoisotopic (exact) mass is 371 g/mol. The summed E-state index contributed by atoms with van der Waals surface area (Å²) in [5.41, 5.74) is 1.77. The zero-order chi connectivity index (χ0) is 18.3. The summed E-state index contributed by atoms with van der Waals surface area (Å²) in [5, 5.41) is 5.05. The van der Waals surface area contributed by atoms with Crippen LogP contribution in [-0.4, -0.2) is 25.7 Å². The van der Waals surface area contributed by atoms with Crippen molar-refractivity contribution in [3.05, 3.63) is 54.2 Å². The van der Waals surface area contributed by atoms with Gasteiger partial charge in [-0.2, -0.15) is 0 Å². The lowest BCUT2D eigenvalue weighted by Crippen LogP contribution is -2.14. The van der Waals surface area contributed by atoms with Gasteiger partial charge in [0.2, 0.25) is 0 Å². The van der Waals surface area contributed by atoms with Crippen LogP contribution >= 0.6 is 0 Å². The van der Waals surface area contributed by atoms with Gasteiger partial charge in [-0.25, -0.2) is 8.42 Å². The zero-order valence-electron chi connectivity index (χ0n) is 14.1. The maximum Gasteiger partial charge on any atom is 0.265 e. The molecule has 0 radical (unpaired) electrons. The predicted octanol–water partition coefficient (Wildman–Crippen LogP) is 3.74. The van der Waals surface area contributed by atoms with Crippen molar-refractivity contribution in [1.82, 2.24) is 10.1 Å². The molecule has 4 rings (SSSR count). The number of anilines is 1. The largest absolute Gasteiger partial charge is 0.496 e. The van der Waals surface area contributed by atoms with Crippen molar-refractivity contribution >= 4 is 37.7 Å². The second-order valence-corrected chi connectivity index (χ2v) is 7.46. The van der Waals surface area contributed by atoms with Crippen molar-refractivity contribution < 1.29 is 19.1 Å². The van der Waals surface area contributed by atoms with Crippen molar-refractivity contribution in [3.8, 4) is 5.75 Å². The van der Waals surface area contributed by atoms with E-state index in [1.165, 1.54) is 13.2 Å². The highest BCUT2D eigenvalue weighted by atomic mass is 32.2. The molecule has 0 spiro atoms. The lowest BCUT2D eigenvalue weighted by atomic mass is 10.2. The van der Waals surface area contributed by atoms with Crippen molar-refractivity contribution in [2.45, 2.75) is 11.8 Å². The third kappa shape index (κ3) is 2.64. The van der Waals surface area contributed by atoms with E-state index in [2.05, 4.69) is 14.9 Å². The number of hydrogen-bond donors (Lipinski definition) is 1. The Morgan fingerprint density at radius 2 is 2.00 bits per heavy atom. The molecule has 0 saturated carbocycles. The molecule has 0 fully saturated rings. The molecule has 0 atom stereocenters. The molecule has 0 amide bonds. The topological polar surface area (TPSA) is 94.3 Å². The molecular weight excluding hydrogens is 354 g/mol. The summed E-state index contributed by atoms with van der Waals surface area (Å²) in [4.78, 5) is 4.36. The van der Waals surface area contributed by atoms with Gasteiger partial charge in [0.25, 0.3) is 10.0 Å². The van der Waals surface area contributed by atoms with Gasteiger partial charge in [-0.3, -0.25) is 9.71 Å². The van der Waals surface area contributed by atoms with E-state index in [0.29, 0.717) is 22.2 Å². The quantitative estimate of drug-likeness (QED) is 0.587. The van der Waals surface area contributed by atoms with E-state index in [1.54, 1.807) is 30.5 Å². The van der Waals surface area contributed by atoms with E-state index in [4.69, 9.17) is 9.26 Å². The van der Waals surface area contributed by atoms with E-state index in [1.807, 2.05) is 19.1 Å². The average Bonchev–Trinajstić information content (AvgIpc) is 3.03. The summed E-state index contributed by atoms with van der Waals surface area (Å²) in [6.07, 6.45) is 1.63. The van der Waals surface area contributed by atoms with Gasteiger partial charge in [0.15, 0.2) is 11.4 Å². The smallest absolute Gasteiger partial charge is 0.265 e. The van der Waals surface area contributed by atoms with Gasteiger partial charge in [-0.1, -0.05) is 23.4 Å². The Labute approximate surface area is 151 Å². The molecule has 134 valence electrons. The Hall–Kier alpha value is -3.13. The number of sulfonamides is 1. The van der Waals surface area contributed by atoms with Crippen LogP contribution in [0.1, 0.15) is 6.99 Å². The fourth-order valence-corrected chi connectivity index (χ4v) is 4.03. The number of nitrogens with zero attached hydrogens (tertiary/aromatic N) is 2. The summed E-state index contributed by atoms with van der Waals surface area (Å²) >= 11 is 0. The van der Waals surface area contributed by atoms with Crippen LogP contribution in [0.25, 0.3) is 21.9 Å². The molecule has 2 aromatic heterocycles. The molecule has 4 aromatic rings. The molecule has 2 heterocycles. The summed E-state index contributed by atoms with van der Waals surface area (Å²) in [6.45, 7) is 1.90. The number of nitrogens with one attached hydrogen (secondary N) is 1. The lowest BCUT2D eigenvalue weighted by molar-refractivity contribution is 0.419. The first-order chi connectivity index (χ1) is 12.5. The van der Waals surface area contributed by atoms with Crippen LogP contribution in [0.15, 0.2) is 58.1 Å². The fourth-order valence-electron chi connectivity index (χ4n) is 2.84. The number of aromatic nitrogens is 2. The molecule has 26 heavy (non-hydrogen) atoms. The summed E-state index contributed by atoms with van der Waals surface area (Å²) in [6, 6.07) is 12.0. The van der Waals surface area contributed by atoms with Crippen molar-refractivity contribution in [2.75, 3.05) is 11.8 Å². The maximum absolute atomic E-state index is 13.0. The Morgan fingerprint density at radius 3 is 2.81 bits per heavy atom. The van der Waals surface area contributed by atoms with Gasteiger partial charge in [0, 0.05) is 13.0 Å². The van der Waals surface area contributed by atoms with Crippen LogP contribution in [0.4, 0.5) is 5.82 Å². The van der Waals surface area contributed by atoms with Gasteiger partial charge in [0.1, 0.15) is 16.0 Å². The molecule has 8 heteroatoms. The van der Waals surface area contributed by atoms with Crippen LogP contribution in [0.5, 0.6) is 5.75 Å². The number of hydrogen-bond acceptors (Lipinski definition) is 6. The standard InChI is InChI=1S/C18H15N3O4S.H2/c1-11-9-12-5-3-8-15(17(12)19-10-11)26(22,23)21-18-16-13(24-2)6-4-7-14(16)25-20-18;/h3-10H,1-2H3,(H,20,21);1H. The second kappa shape index (κ2) is 5.99. The normalized spacial score (nSPS) is 11.8. The molecule has 0 saturated heterocycles. The molecular formula is C18H17N3O4S. The number of rotatable bonds is 4. The van der Waals surface area contributed by atoms with Crippen molar-refractivity contribution in [1.29, 1.82) is 0 Å². The highest BCUT2D eigenvalue weighted by Crippen LogP contribution is 2.33. The first-order valence-corrected chi connectivity index (χ1v) is 9.28. The van der Waals surface area contributed by atoms with Crippen LogP contribution < -0.4 is 9.46 Å². The number of para-hydroxylation sites is 1. The minimum atomic E-state index is -3.93. The number of ether oxygens (including phenoxy) is 1. The molecule has 0 aliphatic carbocycles. The molecule has 0 bridgehead atoms. The maximum atomic E-state index is 13.0. The third-order valence-corrected chi connectivity index (χ3v) is 5.38. The van der Waals surface area contributed by atoms with Gasteiger partial charge in [-0.05, 0) is 36.8 Å². The predicted molar refractivity (Wildman–Crippen MR) is 100.0 cm³/mol. The second-order valence-electron chi connectivity index (χ2n) is 5.81. The van der Waals surface area contributed by atoms with Crippen molar-refractivity contribution in [2.24, 2.45) is 0 Å². The van der Waals surface area contributed by atoms with E-state index in [-0.39, 0.29) is 12.1 Å². The minimum Gasteiger partial charge on any atom is -0.496 e. The zero-order valence-corrected chi connectivity index (χ0v) is 14.9. The molecule has 0 unspecified atom stereocenters. The molecule has 2 aromatic carbocycles. The van der Waals surface area contributed by atoms with Crippen LogP contribution in [-0.2, 0) is 10.0 Å². The summed E-state index contributed by atoms with van der Waals surface area (Å²) in [7, 11) is -2.43. The number of pyridine rings is 1. The Bertz CT molecular complexity index is 1240. The van der Waals surface area contributed by atoms with E-state index in [0.717, 1.165) is 10.9 Å². The fraction of sp³-hybridized carbons (Fsp3) is 0.111. The van der Waals surface area contributed by atoms with Crippen molar-refractivity contribution in [3.63, 3.8) is 0 Å². The SMILES string of the molecule is COc1cccc2onc(NS(=O)(=O)c3cccc4cc(C)cnc34)c12.[HH]. The van der Waals surface area contributed by atoms with Gasteiger partial charge in [-0.15, -0.1) is 0 Å². The van der Waals surface area contributed by atoms with E-state index in [9.17, 15) is 8.42 Å². The number of fused-ring (bicyclic) bond motifs is 2. The van der Waals surface area contributed by atoms with E-state index < -0.39 is 10.0 Å². The first-order valence-electron chi connectivity index (χ1n) is 7.80. The van der Waals surface area contributed by atoms with Crippen LogP contribution in [0.2, 0.25) is 0 Å². The van der Waals surface area contributed by atoms with Crippen LogP contribution in [0.3, 0.4) is 0 Å². The Morgan fingerprint density at radius 1 is 1.19 bits per heavy atom. The highest BCUT2D eigenvalue weighted by molar-refractivity contribution is 7.93. The number of aryl methyl sites for hydroxylation is 1. The van der Waals surface area contributed by atoms with Gasteiger partial charge >= 0.3 is 0 Å². The minimum absolute atomic E-state index is 0. The molecule has 1 N–H and O–H groups in total. The van der Waals surface area contributed by atoms with Crippen LogP contribution in [0, 0.1) is 6.92 Å². The summed E-state index contributed by atoms with van der Waals surface area (Å²) < 4.78 is 38.9.